The van der Waals surface area contributed by atoms with Crippen LogP contribution in [0.2, 0.25) is 0 Å². The number of benzene rings is 2. The Balaban J connectivity index is 0.664. The topological polar surface area (TPSA) is 634 Å². The van der Waals surface area contributed by atoms with Gasteiger partial charge in [-0.25, -0.2) is 19.3 Å². The van der Waals surface area contributed by atoms with Crippen molar-refractivity contribution in [3.63, 3.8) is 0 Å². The first-order valence-corrected chi connectivity index (χ1v) is 34.7. The van der Waals surface area contributed by atoms with E-state index in [4.69, 9.17) is 71.1 Å². The van der Waals surface area contributed by atoms with Crippen molar-refractivity contribution in [3.05, 3.63) is 80.9 Å². The molecule has 0 radical (unpaired) electrons. The van der Waals surface area contributed by atoms with Crippen molar-refractivity contribution in [2.24, 2.45) is 0 Å². The molecule has 6 fully saturated rings. The maximum atomic E-state index is 13.2. The van der Waals surface area contributed by atoms with Crippen LogP contribution >= 0.6 is 0 Å². The summed E-state index contributed by atoms with van der Waals surface area (Å²) in [6.07, 6.45) is -54.7. The van der Waals surface area contributed by atoms with E-state index in [9.17, 15) is 112 Å². The van der Waals surface area contributed by atoms with E-state index in [0.717, 1.165) is 14.8 Å². The predicted octanol–water partition coefficient (Wildman–Crippen LogP) is -11.1. The fourth-order valence-corrected chi connectivity index (χ4v) is 12.9. The number of aliphatic hydroxyl groups is 19. The van der Waals surface area contributed by atoms with Gasteiger partial charge in [0.25, 0.3) is 0 Å². The van der Waals surface area contributed by atoms with E-state index in [-0.39, 0.29) is 56.8 Å². The summed E-state index contributed by atoms with van der Waals surface area (Å²) >= 11 is 0. The summed E-state index contributed by atoms with van der Waals surface area (Å²) in [5, 5.41) is 228. The molecule has 0 amide bonds. The molecular weight excluding hydrogens is 1440 g/mol. The Hall–Kier alpha value is -5.40. The number of hydrogen-bond donors (Lipinski definition) is 21. The third-order valence-electron chi connectivity index (χ3n) is 19.0. The van der Waals surface area contributed by atoms with Gasteiger partial charge in [0.1, 0.15) is 176 Å². The first-order chi connectivity index (χ1) is 51.4. The first kappa shape index (κ1) is 84.1. The van der Waals surface area contributed by atoms with Gasteiger partial charge in [0.15, 0.2) is 37.7 Å². The number of phenolic OH excluding ortho intramolecular Hbond substituents is 1. The Bertz CT molecular complexity index is 3470. The molecule has 0 saturated carbocycles. The molecule has 2 aromatic carbocycles. The second-order valence-electron chi connectivity index (χ2n) is 26.2. The molecule has 30 atom stereocenters. The minimum Gasteiger partial charge on any atom is -0.506 e. The number of aromatic nitrogens is 6. The number of rotatable bonds is 35. The van der Waals surface area contributed by atoms with Crippen LogP contribution in [0.1, 0.15) is 37.4 Å². The molecule has 43 heteroatoms. The summed E-state index contributed by atoms with van der Waals surface area (Å²) in [4.78, 5) is 26.0. The number of aromatic hydroxyl groups is 1. The largest absolute Gasteiger partial charge is 0.506 e. The maximum absolute atomic E-state index is 13.2. The number of aryl methyl sites for hydroxylation is 2. The normalized spacial score (nSPS) is 37.8. The highest BCUT2D eigenvalue weighted by Crippen LogP contribution is 2.38. The van der Waals surface area contributed by atoms with E-state index in [1.54, 1.807) is 47.3 Å². The van der Waals surface area contributed by atoms with E-state index in [1.807, 2.05) is 6.92 Å². The van der Waals surface area contributed by atoms with Crippen LogP contribution in [0.5, 0.6) is 11.5 Å². The van der Waals surface area contributed by atoms with Gasteiger partial charge in [-0.3, -0.25) is 4.68 Å². The molecule has 2 aromatic heterocycles. The minimum absolute atomic E-state index is 0.0292. The Kier molecular flexibility index (Phi) is 30.4. The van der Waals surface area contributed by atoms with Gasteiger partial charge in [-0.2, -0.15) is 4.68 Å². The summed E-state index contributed by atoms with van der Waals surface area (Å²) in [6.45, 7) is -2.48. The lowest BCUT2D eigenvalue weighted by molar-refractivity contribution is -0.398. The van der Waals surface area contributed by atoms with Crippen molar-refractivity contribution >= 4 is 0 Å². The number of nitrogens with one attached hydrogen (secondary N) is 1. The van der Waals surface area contributed by atoms with Crippen LogP contribution in [0.3, 0.4) is 0 Å². The number of hydrogen-bond acceptors (Lipinski definition) is 39. The average Bonchev–Trinajstić information content (AvgIpc) is 1.74. The van der Waals surface area contributed by atoms with Gasteiger partial charge in [0.05, 0.1) is 78.0 Å². The van der Waals surface area contributed by atoms with Crippen molar-refractivity contribution in [3.8, 4) is 22.9 Å². The second-order valence-corrected chi connectivity index (χ2v) is 26.2. The van der Waals surface area contributed by atoms with Crippen molar-refractivity contribution in [1.82, 2.24) is 29.3 Å². The second kappa shape index (κ2) is 38.7. The predicted molar refractivity (Wildman–Crippen MR) is 346 cm³/mol. The fourth-order valence-electron chi connectivity index (χ4n) is 12.9. The summed E-state index contributed by atoms with van der Waals surface area (Å²) in [5.74, 6) is 0.300. The van der Waals surface area contributed by atoms with E-state index in [2.05, 4.69) is 15.4 Å². The molecule has 10 rings (SSSR count). The Morgan fingerprint density at radius 3 is 1.34 bits per heavy atom. The first-order valence-electron chi connectivity index (χ1n) is 34.7. The smallest absolute Gasteiger partial charge is 0.356 e. The van der Waals surface area contributed by atoms with Gasteiger partial charge in [-0.1, -0.05) is 18.2 Å². The number of aromatic amines is 1. The lowest BCUT2D eigenvalue weighted by Gasteiger charge is -2.50. The minimum atomic E-state index is -2.29. The van der Waals surface area contributed by atoms with E-state index >= 15 is 0 Å². The maximum Gasteiger partial charge on any atom is 0.356 e. The van der Waals surface area contributed by atoms with Crippen LogP contribution in [0.15, 0.2) is 58.3 Å². The van der Waals surface area contributed by atoms with Crippen LogP contribution < -0.4 is 16.1 Å². The highest BCUT2D eigenvalue weighted by atomic mass is 16.8. The molecule has 43 nitrogen and oxygen atoms in total. The molecule has 12 unspecified atom stereocenters. The number of phenols is 1. The molecule has 6 aliphatic heterocycles. The average molecular weight is 1540 g/mol. The number of aliphatic hydroxyl groups excluding tert-OH is 19. The van der Waals surface area contributed by atoms with Gasteiger partial charge in [-0.15, -0.1) is 5.10 Å². The number of H-pyrrole nitrogens is 1. The van der Waals surface area contributed by atoms with Gasteiger partial charge >= 0.3 is 11.4 Å². The summed E-state index contributed by atoms with van der Waals surface area (Å²) < 4.78 is 89.0. The molecule has 107 heavy (non-hydrogen) atoms. The molecule has 6 saturated heterocycles. The third-order valence-corrected chi connectivity index (χ3v) is 19.0. The van der Waals surface area contributed by atoms with Crippen LogP contribution in [0.25, 0.3) is 11.4 Å². The Morgan fingerprint density at radius 1 is 0.458 bits per heavy atom. The molecule has 8 heterocycles. The van der Waals surface area contributed by atoms with Crippen molar-refractivity contribution in [2.75, 3.05) is 72.7 Å². The van der Waals surface area contributed by atoms with Crippen LogP contribution in [0.4, 0.5) is 0 Å². The number of nitrogens with zero attached hydrogens (tertiary/aromatic N) is 5. The van der Waals surface area contributed by atoms with Crippen molar-refractivity contribution < 1.29 is 173 Å². The molecule has 6 aliphatic rings. The molecule has 0 bridgehead atoms. The zero-order chi connectivity index (χ0) is 77.1. The highest BCUT2D eigenvalue weighted by Gasteiger charge is 2.58. The van der Waals surface area contributed by atoms with E-state index in [1.165, 1.54) is 6.07 Å². The number of ether oxygens (including phenoxy) is 15. The Morgan fingerprint density at radius 2 is 0.879 bits per heavy atom. The van der Waals surface area contributed by atoms with E-state index < -0.39 is 235 Å². The summed E-state index contributed by atoms with van der Waals surface area (Å²) in [7, 11) is 0. The Labute approximate surface area is 607 Å². The van der Waals surface area contributed by atoms with Gasteiger partial charge in [-0.05, 0) is 67.6 Å². The molecule has 0 aliphatic carbocycles. The van der Waals surface area contributed by atoms with Gasteiger partial charge in [0.2, 0.25) is 0 Å². The quantitative estimate of drug-likeness (QED) is 0.0190. The SMILES string of the molecule is CCc1ccc(O)c(-n2[nH]c(=O)n(-c3ccc(OCCOCCOCc4cn(CCCCCO[C@@H]5OC(CO)[C@@H](O)C(O[C@@H]6OC(CO)[C@@H](O)C(O[C@@H]7OC(CO)[C@@H](O)C(O[C@@H]8OC(CO)[C@@H](O)C(O[C@@H]9OC(CO)[C@@H](O)C(O[C@@H]%10OC(CO)[C@@H](O)C(O)[C@@H]%10O)[C@@H]9O)[C@@H]8O)[C@@H]7O)[C@@H]6O)[C@@H]5O)nn4)cc3)c2=O)c1. The van der Waals surface area contributed by atoms with Crippen LogP contribution in [-0.4, -0.2) is 388 Å². The van der Waals surface area contributed by atoms with Crippen LogP contribution in [0, 0.1) is 0 Å². The number of unbranched alkanes of at least 4 members (excludes halogenated alkanes) is 2. The lowest BCUT2D eigenvalue weighted by atomic mass is 9.95. The summed E-state index contributed by atoms with van der Waals surface area (Å²) in [6, 6.07) is 11.1. The van der Waals surface area contributed by atoms with Crippen molar-refractivity contribution in [2.45, 2.75) is 230 Å². The van der Waals surface area contributed by atoms with Gasteiger partial charge in [0, 0.05) is 13.2 Å². The van der Waals surface area contributed by atoms with Crippen molar-refractivity contribution in [1.29, 1.82) is 0 Å². The molecule has 21 N–H and O–H groups in total. The molecule has 604 valence electrons. The standard InChI is InChI=1S/C64H96N6O37/c1-2-27-6-11-32(77)31(18-27)70-64(92)69(63(91)66-70)29-7-9-30(10-8-29)95-17-16-93-14-15-94-26-28-19-68(67-65-28)12-4-3-5-13-96-57-47(86)52(40(79)34(21-72)97-57)104-59-49(88)54(42(81)36(23-74)99-59)106-61-51(90)56(44(83)38(25-76)101-61)107-62-50(89)55(43(82)37(24-75)102-62)105-60-48(87)53(41(80)35(22-73)100-60)103-58-46(85)45(84)39(78)33(20-71)98-58/h6-11,18-19,33-62,71-90H,2-5,12-17,20-26H2,1H3,(H,66,91)/t33?,34?,35?,36?,37?,38?,39-,40-,41-,42-,43-,44-,45?,46+,47+,48+,49+,50+,51+,52?,53?,54?,55?,56?,57-,58+,59+,60+,61+,62+/m1/s1. The van der Waals surface area contributed by atoms with Gasteiger partial charge < -0.3 is 173 Å². The summed E-state index contributed by atoms with van der Waals surface area (Å²) in [5.41, 5.74) is 0.472. The highest BCUT2D eigenvalue weighted by molar-refractivity contribution is 5.48. The van der Waals surface area contributed by atoms with E-state index in [0.29, 0.717) is 43.7 Å². The van der Waals surface area contributed by atoms with Crippen LogP contribution in [-0.2, 0) is 85.9 Å². The lowest BCUT2D eigenvalue weighted by Crippen LogP contribution is -2.68. The molecular formula is C64H96N6O37. The fraction of sp³-hybridized carbons (Fsp3) is 0.750. The monoisotopic (exact) mass is 1540 g/mol. The zero-order valence-corrected chi connectivity index (χ0v) is 57.6. The molecule has 4 aromatic rings. The zero-order valence-electron chi connectivity index (χ0n) is 57.6. The third kappa shape index (κ3) is 19.4. The molecule has 0 spiro atoms.